The summed E-state index contributed by atoms with van der Waals surface area (Å²) in [6.45, 7) is 11.9. The monoisotopic (exact) mass is 275 g/mol. The average molecular weight is 276 g/mol. The van der Waals surface area contributed by atoms with Gasteiger partial charge >= 0.3 is 0 Å². The molecule has 2 nitrogen and oxygen atoms in total. The summed E-state index contributed by atoms with van der Waals surface area (Å²) >= 11 is 3.53. The summed E-state index contributed by atoms with van der Waals surface area (Å²) in [4.78, 5) is 14.2. The Balaban J connectivity index is 2.73. The van der Waals surface area contributed by atoms with E-state index >= 15 is 0 Å². The fraction of sp³-hybridized carbons (Fsp3) is 0.917. The zero-order valence-electron chi connectivity index (χ0n) is 10.4. The molecule has 0 aromatic heterocycles. The number of carbonyl (C=O) groups excluding carboxylic acids is 1. The van der Waals surface area contributed by atoms with E-state index in [1.54, 1.807) is 0 Å². The zero-order valence-corrected chi connectivity index (χ0v) is 12.0. The molecule has 1 atom stereocenters. The van der Waals surface area contributed by atoms with Crippen LogP contribution in [0, 0.1) is 5.41 Å². The summed E-state index contributed by atoms with van der Waals surface area (Å²) < 4.78 is 0. The fourth-order valence-electron chi connectivity index (χ4n) is 2.64. The Labute approximate surface area is 102 Å². The highest BCUT2D eigenvalue weighted by molar-refractivity contribution is 9.09. The number of hydrogen-bond acceptors (Lipinski definition) is 1. The maximum absolute atomic E-state index is 11.8. The molecule has 0 saturated carbocycles. The number of likely N-dealkylation sites (tertiary alicyclic amines) is 1. The van der Waals surface area contributed by atoms with Crippen molar-refractivity contribution in [1.82, 2.24) is 4.90 Å². The maximum Gasteiger partial charge on any atom is 0.224 e. The first kappa shape index (κ1) is 13.0. The van der Waals surface area contributed by atoms with Gasteiger partial charge in [0.1, 0.15) is 0 Å². The normalized spacial score (nSPS) is 23.7. The predicted octanol–water partition coefficient (Wildman–Crippen LogP) is 3.20. The van der Waals surface area contributed by atoms with Crippen LogP contribution in [-0.2, 0) is 4.79 Å². The largest absolute Gasteiger partial charge is 0.336 e. The molecule has 0 aliphatic carbocycles. The molecule has 1 aliphatic rings. The third-order valence-corrected chi connectivity index (χ3v) is 3.38. The lowest BCUT2D eigenvalue weighted by Crippen LogP contribution is -2.47. The molecule has 0 N–H and O–H groups in total. The van der Waals surface area contributed by atoms with Crippen molar-refractivity contribution < 1.29 is 4.79 Å². The number of carbonyl (C=O) groups is 1. The van der Waals surface area contributed by atoms with Crippen LogP contribution in [0.4, 0.5) is 0 Å². The smallest absolute Gasteiger partial charge is 0.224 e. The Bertz CT molecular complexity index is 255. The molecule has 1 saturated heterocycles. The average Bonchev–Trinajstić information content (AvgIpc) is 2.24. The summed E-state index contributed by atoms with van der Waals surface area (Å²) in [6.07, 6.45) is 1.68. The third-order valence-electron chi connectivity index (χ3n) is 2.77. The van der Waals surface area contributed by atoms with Crippen molar-refractivity contribution in [3.05, 3.63) is 0 Å². The van der Waals surface area contributed by atoms with Crippen molar-refractivity contribution in [2.45, 2.75) is 57.8 Å². The Morgan fingerprint density at radius 2 is 1.87 bits per heavy atom. The van der Waals surface area contributed by atoms with E-state index < -0.39 is 0 Å². The van der Waals surface area contributed by atoms with E-state index in [1.807, 2.05) is 4.90 Å². The van der Waals surface area contributed by atoms with Crippen molar-refractivity contribution in [3.8, 4) is 0 Å². The Morgan fingerprint density at radius 1 is 1.33 bits per heavy atom. The molecule has 3 heteroatoms. The topological polar surface area (TPSA) is 20.3 Å². The van der Waals surface area contributed by atoms with Gasteiger partial charge in [0.2, 0.25) is 5.91 Å². The molecule has 1 amide bonds. The van der Waals surface area contributed by atoms with Gasteiger partial charge in [0, 0.05) is 23.3 Å². The van der Waals surface area contributed by atoms with E-state index in [0.29, 0.717) is 11.2 Å². The first-order valence-corrected chi connectivity index (χ1v) is 6.48. The molecule has 15 heavy (non-hydrogen) atoms. The van der Waals surface area contributed by atoms with E-state index in [2.05, 4.69) is 50.5 Å². The van der Waals surface area contributed by atoms with Crippen LogP contribution in [0.2, 0.25) is 0 Å². The van der Waals surface area contributed by atoms with Crippen LogP contribution >= 0.6 is 15.9 Å². The molecule has 0 spiro atoms. The number of halogens is 1. The summed E-state index contributed by atoms with van der Waals surface area (Å²) in [6, 6.07) is 0. The summed E-state index contributed by atoms with van der Waals surface area (Å²) in [7, 11) is 0. The van der Waals surface area contributed by atoms with Crippen LogP contribution in [0.15, 0.2) is 0 Å². The van der Waals surface area contributed by atoms with Crippen molar-refractivity contribution in [1.29, 1.82) is 0 Å². The molecule has 1 aliphatic heterocycles. The third kappa shape index (κ3) is 3.47. The number of alkyl halides is 1. The Hall–Kier alpha value is -0.0500. The minimum atomic E-state index is -0.0299. The standard InChI is InChI=1S/C12H22BrNO/c1-11(2,3)8-12(4,5)14-7-9(13)6-10(14)15/h9H,6-8H2,1-5H3. The second-order valence-electron chi connectivity index (χ2n) is 6.36. The van der Waals surface area contributed by atoms with Crippen LogP contribution < -0.4 is 0 Å². The van der Waals surface area contributed by atoms with Crippen molar-refractivity contribution in [2.24, 2.45) is 5.41 Å². The first-order valence-electron chi connectivity index (χ1n) is 5.56. The highest BCUT2D eigenvalue weighted by Crippen LogP contribution is 2.34. The molecule has 1 heterocycles. The summed E-state index contributed by atoms with van der Waals surface area (Å²) in [5.41, 5.74) is 0.228. The molecular weight excluding hydrogens is 254 g/mol. The van der Waals surface area contributed by atoms with Gasteiger partial charge in [-0.25, -0.2) is 0 Å². The van der Waals surface area contributed by atoms with Crippen LogP contribution in [0.1, 0.15) is 47.5 Å². The van der Waals surface area contributed by atoms with Gasteiger partial charge in [0.25, 0.3) is 0 Å². The molecule has 88 valence electrons. The van der Waals surface area contributed by atoms with Gasteiger partial charge in [0.05, 0.1) is 0 Å². The fourth-order valence-corrected chi connectivity index (χ4v) is 3.21. The van der Waals surface area contributed by atoms with Crippen LogP contribution in [0.25, 0.3) is 0 Å². The van der Waals surface area contributed by atoms with Crippen LogP contribution in [0.5, 0.6) is 0 Å². The molecule has 0 aromatic carbocycles. The van der Waals surface area contributed by atoms with Gasteiger partial charge in [-0.2, -0.15) is 0 Å². The maximum atomic E-state index is 11.8. The Morgan fingerprint density at radius 3 is 2.20 bits per heavy atom. The lowest BCUT2D eigenvalue weighted by molar-refractivity contribution is -0.133. The van der Waals surface area contributed by atoms with E-state index in [-0.39, 0.29) is 16.9 Å². The highest BCUT2D eigenvalue weighted by atomic mass is 79.9. The molecule has 0 bridgehead atoms. The predicted molar refractivity (Wildman–Crippen MR) is 67.2 cm³/mol. The van der Waals surface area contributed by atoms with Gasteiger partial charge in [-0.3, -0.25) is 4.79 Å². The lowest BCUT2D eigenvalue weighted by atomic mass is 9.81. The highest BCUT2D eigenvalue weighted by Gasteiger charge is 2.39. The number of rotatable bonds is 2. The molecule has 1 unspecified atom stereocenters. The minimum Gasteiger partial charge on any atom is -0.336 e. The van der Waals surface area contributed by atoms with Crippen molar-refractivity contribution >= 4 is 21.8 Å². The summed E-state index contributed by atoms with van der Waals surface area (Å²) in [5, 5.41) is 0. The number of amides is 1. The number of nitrogens with zero attached hydrogens (tertiary/aromatic N) is 1. The molecule has 1 rings (SSSR count). The SMILES string of the molecule is CC(C)(C)CC(C)(C)N1CC(Br)CC1=O. The van der Waals surface area contributed by atoms with E-state index in [0.717, 1.165) is 13.0 Å². The Kier molecular flexibility index (Phi) is 3.54. The molecule has 0 radical (unpaired) electrons. The second kappa shape index (κ2) is 4.08. The molecular formula is C12H22BrNO. The van der Waals surface area contributed by atoms with Crippen LogP contribution in [0.3, 0.4) is 0 Å². The van der Waals surface area contributed by atoms with Crippen molar-refractivity contribution in [3.63, 3.8) is 0 Å². The quantitative estimate of drug-likeness (QED) is 0.709. The summed E-state index contributed by atoms with van der Waals surface area (Å²) in [5.74, 6) is 0.283. The van der Waals surface area contributed by atoms with E-state index in [4.69, 9.17) is 0 Å². The minimum absolute atomic E-state index is 0.0299. The van der Waals surface area contributed by atoms with Gasteiger partial charge < -0.3 is 4.90 Å². The van der Waals surface area contributed by atoms with Gasteiger partial charge in [0.15, 0.2) is 0 Å². The molecule has 1 fully saturated rings. The van der Waals surface area contributed by atoms with Gasteiger partial charge in [-0.05, 0) is 25.7 Å². The molecule has 0 aromatic rings. The van der Waals surface area contributed by atoms with Crippen molar-refractivity contribution in [2.75, 3.05) is 6.54 Å². The second-order valence-corrected chi connectivity index (χ2v) is 7.65. The zero-order chi connectivity index (χ0) is 11.9. The van der Waals surface area contributed by atoms with E-state index in [9.17, 15) is 4.79 Å². The number of hydrogen-bond donors (Lipinski definition) is 0. The van der Waals surface area contributed by atoms with Gasteiger partial charge in [-0.1, -0.05) is 36.7 Å². The van der Waals surface area contributed by atoms with E-state index in [1.165, 1.54) is 0 Å². The lowest BCUT2D eigenvalue weighted by Gasteiger charge is -2.40. The van der Waals surface area contributed by atoms with Gasteiger partial charge in [-0.15, -0.1) is 0 Å². The first-order chi connectivity index (χ1) is 6.62. The van der Waals surface area contributed by atoms with Crippen LogP contribution in [-0.4, -0.2) is 27.7 Å².